The van der Waals surface area contributed by atoms with Crippen LogP contribution >= 0.6 is 0 Å². The zero-order chi connectivity index (χ0) is 18.8. The van der Waals surface area contributed by atoms with Crippen LogP contribution in [0, 0.1) is 11.3 Å². The van der Waals surface area contributed by atoms with Crippen LogP contribution in [0.25, 0.3) is 0 Å². The summed E-state index contributed by atoms with van der Waals surface area (Å²) in [6.45, 7) is 4.26. The number of nitrogens with zero attached hydrogens (tertiary/aromatic N) is 3. The maximum absolute atomic E-state index is 12.7. The smallest absolute Gasteiger partial charge is 0.272 e. The van der Waals surface area contributed by atoms with Crippen molar-refractivity contribution in [1.82, 2.24) is 15.1 Å². The molecule has 1 N–H and O–H groups in total. The molecular formula is C19H22N4O3. The van der Waals surface area contributed by atoms with Crippen molar-refractivity contribution >= 4 is 5.91 Å². The number of amides is 1. The number of hydrogen-bond acceptors (Lipinski definition) is 5. The van der Waals surface area contributed by atoms with Crippen LogP contribution in [0.3, 0.4) is 0 Å². The van der Waals surface area contributed by atoms with Gasteiger partial charge in [0.15, 0.2) is 5.69 Å². The average Bonchev–Trinajstić information content (AvgIpc) is 2.96. The lowest BCUT2D eigenvalue weighted by Crippen LogP contribution is -2.27. The highest BCUT2D eigenvalue weighted by Crippen LogP contribution is 2.31. The molecule has 2 heterocycles. The summed E-state index contributed by atoms with van der Waals surface area (Å²) in [5, 5.41) is 16.3. The predicted molar refractivity (Wildman–Crippen MR) is 94.8 cm³/mol. The van der Waals surface area contributed by atoms with Gasteiger partial charge < -0.3 is 14.8 Å². The SMILES string of the molecule is COc1cc(C#N)ccc1CNC(=O)c1nn(C)c2c1C[C@H](C)O[C@@H]2C. The summed E-state index contributed by atoms with van der Waals surface area (Å²) in [6.07, 6.45) is 0.620. The van der Waals surface area contributed by atoms with Crippen LogP contribution in [-0.2, 0) is 24.8 Å². The lowest BCUT2D eigenvalue weighted by atomic mass is 9.99. The Bertz CT molecular complexity index is 882. The molecule has 2 atom stereocenters. The van der Waals surface area contributed by atoms with E-state index in [4.69, 9.17) is 14.7 Å². The molecular weight excluding hydrogens is 332 g/mol. The topological polar surface area (TPSA) is 89.2 Å². The molecule has 1 aromatic carbocycles. The molecule has 2 aromatic rings. The molecule has 26 heavy (non-hydrogen) atoms. The highest BCUT2D eigenvalue weighted by molar-refractivity contribution is 5.94. The Morgan fingerprint density at radius 3 is 2.96 bits per heavy atom. The summed E-state index contributed by atoms with van der Waals surface area (Å²) in [7, 11) is 3.37. The van der Waals surface area contributed by atoms with Gasteiger partial charge in [-0.15, -0.1) is 0 Å². The zero-order valence-electron chi connectivity index (χ0n) is 15.4. The van der Waals surface area contributed by atoms with E-state index in [9.17, 15) is 4.79 Å². The number of hydrogen-bond donors (Lipinski definition) is 1. The first-order valence-corrected chi connectivity index (χ1v) is 8.51. The van der Waals surface area contributed by atoms with E-state index in [2.05, 4.69) is 16.5 Å². The van der Waals surface area contributed by atoms with E-state index in [0.717, 1.165) is 16.8 Å². The van der Waals surface area contributed by atoms with Gasteiger partial charge in [0.25, 0.3) is 5.91 Å². The zero-order valence-corrected chi connectivity index (χ0v) is 15.4. The van der Waals surface area contributed by atoms with E-state index in [0.29, 0.717) is 30.0 Å². The third-order valence-corrected chi connectivity index (χ3v) is 4.58. The summed E-state index contributed by atoms with van der Waals surface area (Å²) in [5.74, 6) is 0.345. The van der Waals surface area contributed by atoms with Gasteiger partial charge in [-0.2, -0.15) is 10.4 Å². The Morgan fingerprint density at radius 1 is 1.50 bits per heavy atom. The van der Waals surface area contributed by atoms with Gasteiger partial charge in [0, 0.05) is 31.1 Å². The van der Waals surface area contributed by atoms with Crippen molar-refractivity contribution in [3.8, 4) is 11.8 Å². The number of carbonyl (C=O) groups excluding carboxylic acids is 1. The van der Waals surface area contributed by atoms with Crippen LogP contribution in [0.2, 0.25) is 0 Å². The molecule has 136 valence electrons. The Morgan fingerprint density at radius 2 is 2.27 bits per heavy atom. The normalized spacial score (nSPS) is 18.7. The van der Waals surface area contributed by atoms with Gasteiger partial charge in [-0.1, -0.05) is 6.07 Å². The Balaban J connectivity index is 1.80. The van der Waals surface area contributed by atoms with Gasteiger partial charge in [-0.05, 0) is 26.0 Å². The maximum atomic E-state index is 12.7. The molecule has 1 amide bonds. The number of nitrogens with one attached hydrogen (secondary N) is 1. The first-order valence-electron chi connectivity index (χ1n) is 8.51. The number of ether oxygens (including phenoxy) is 2. The van der Waals surface area contributed by atoms with E-state index in [1.54, 1.807) is 30.0 Å². The fraction of sp³-hybridized carbons (Fsp3) is 0.421. The summed E-state index contributed by atoms with van der Waals surface area (Å²) in [4.78, 5) is 12.7. The second-order valence-electron chi connectivity index (χ2n) is 6.45. The lowest BCUT2D eigenvalue weighted by Gasteiger charge is -2.26. The minimum absolute atomic E-state index is 0.0480. The molecule has 0 bridgehead atoms. The molecule has 7 heteroatoms. The predicted octanol–water partition coefficient (Wildman–Crippen LogP) is 2.25. The molecule has 0 saturated heterocycles. The largest absolute Gasteiger partial charge is 0.496 e. The van der Waals surface area contributed by atoms with E-state index in [1.807, 2.05) is 20.9 Å². The molecule has 0 radical (unpaired) electrons. The summed E-state index contributed by atoms with van der Waals surface area (Å²) >= 11 is 0. The molecule has 1 aromatic heterocycles. The van der Waals surface area contributed by atoms with Gasteiger partial charge in [-0.3, -0.25) is 9.48 Å². The maximum Gasteiger partial charge on any atom is 0.272 e. The molecule has 1 aliphatic rings. The Labute approximate surface area is 152 Å². The van der Waals surface area contributed by atoms with Gasteiger partial charge in [0.2, 0.25) is 0 Å². The minimum atomic E-state index is -0.227. The molecule has 0 spiro atoms. The number of benzene rings is 1. The summed E-state index contributed by atoms with van der Waals surface area (Å²) < 4.78 is 12.9. The van der Waals surface area contributed by atoms with E-state index < -0.39 is 0 Å². The van der Waals surface area contributed by atoms with Crippen molar-refractivity contribution in [1.29, 1.82) is 5.26 Å². The average molecular weight is 354 g/mol. The number of nitriles is 1. The fourth-order valence-electron chi connectivity index (χ4n) is 3.44. The number of fused-ring (bicyclic) bond motifs is 1. The van der Waals surface area contributed by atoms with E-state index >= 15 is 0 Å². The number of methoxy groups -OCH3 is 1. The number of aryl methyl sites for hydroxylation is 1. The Kier molecular flexibility index (Phi) is 4.96. The van der Waals surface area contributed by atoms with Crippen LogP contribution in [0.5, 0.6) is 5.75 Å². The fourth-order valence-corrected chi connectivity index (χ4v) is 3.44. The van der Waals surface area contributed by atoms with Crippen molar-refractivity contribution in [2.45, 2.75) is 39.0 Å². The van der Waals surface area contributed by atoms with Crippen molar-refractivity contribution in [3.05, 3.63) is 46.3 Å². The van der Waals surface area contributed by atoms with Gasteiger partial charge in [-0.25, -0.2) is 0 Å². The van der Waals surface area contributed by atoms with Gasteiger partial charge in [0.05, 0.1) is 36.6 Å². The lowest BCUT2D eigenvalue weighted by molar-refractivity contribution is -0.00903. The van der Waals surface area contributed by atoms with Crippen LogP contribution in [0.15, 0.2) is 18.2 Å². The van der Waals surface area contributed by atoms with Gasteiger partial charge in [0.1, 0.15) is 5.75 Å². The molecule has 3 rings (SSSR count). The van der Waals surface area contributed by atoms with Crippen molar-refractivity contribution in [3.63, 3.8) is 0 Å². The highest BCUT2D eigenvalue weighted by atomic mass is 16.5. The summed E-state index contributed by atoms with van der Waals surface area (Å²) in [5.41, 5.74) is 3.65. The molecule has 1 aliphatic heterocycles. The number of rotatable bonds is 4. The van der Waals surface area contributed by atoms with Gasteiger partial charge >= 0.3 is 0 Å². The first-order chi connectivity index (χ1) is 12.4. The molecule has 7 nitrogen and oxygen atoms in total. The van der Waals surface area contributed by atoms with Crippen LogP contribution in [0.4, 0.5) is 0 Å². The van der Waals surface area contributed by atoms with Crippen molar-refractivity contribution in [2.24, 2.45) is 7.05 Å². The van der Waals surface area contributed by atoms with E-state index in [1.165, 1.54) is 0 Å². The van der Waals surface area contributed by atoms with Crippen LogP contribution < -0.4 is 10.1 Å². The third-order valence-electron chi connectivity index (χ3n) is 4.58. The number of aromatic nitrogens is 2. The minimum Gasteiger partial charge on any atom is -0.496 e. The highest BCUT2D eigenvalue weighted by Gasteiger charge is 2.31. The number of carbonyl (C=O) groups is 1. The second kappa shape index (κ2) is 7.18. The van der Waals surface area contributed by atoms with Crippen LogP contribution in [-0.4, -0.2) is 28.9 Å². The monoisotopic (exact) mass is 354 g/mol. The third kappa shape index (κ3) is 3.28. The molecule has 0 fully saturated rings. The Hall–Kier alpha value is -2.85. The van der Waals surface area contributed by atoms with Crippen LogP contribution in [0.1, 0.15) is 52.8 Å². The van der Waals surface area contributed by atoms with E-state index in [-0.39, 0.29) is 18.1 Å². The second-order valence-corrected chi connectivity index (χ2v) is 6.45. The first kappa shape index (κ1) is 18.0. The van der Waals surface area contributed by atoms with Crippen molar-refractivity contribution in [2.75, 3.05) is 7.11 Å². The molecule has 0 saturated carbocycles. The standard InChI is InChI=1S/C19H22N4O3/c1-11-7-15-17(22-23(3)18(15)12(2)26-11)19(24)21-10-14-6-5-13(9-20)8-16(14)25-4/h5-6,8,11-12H,7,10H2,1-4H3,(H,21,24)/t11-,12+/m0/s1. The van der Waals surface area contributed by atoms with Crippen molar-refractivity contribution < 1.29 is 14.3 Å². The summed E-state index contributed by atoms with van der Waals surface area (Å²) in [6, 6.07) is 7.21. The molecule has 0 unspecified atom stereocenters. The molecule has 0 aliphatic carbocycles. The quantitative estimate of drug-likeness (QED) is 0.910.